The second kappa shape index (κ2) is 7.89. The first-order valence-electron chi connectivity index (χ1n) is 5.99. The molecule has 0 saturated heterocycles. The van der Waals surface area contributed by atoms with Gasteiger partial charge in [-0.15, -0.1) is 0 Å². The molecule has 104 valence electrons. The van der Waals surface area contributed by atoms with Gasteiger partial charge in [-0.25, -0.2) is 0 Å². The number of ether oxygens (including phenoxy) is 2. The maximum atomic E-state index is 9.94. The summed E-state index contributed by atoms with van der Waals surface area (Å²) in [5, 5.41) is 14.2. The summed E-state index contributed by atoms with van der Waals surface area (Å²) in [6.07, 6.45) is 0.769. The molecule has 5 nitrogen and oxygen atoms in total. The van der Waals surface area contributed by atoms with E-state index in [2.05, 4.69) is 21.0 Å². The largest absolute Gasteiger partial charge is 0.393 e. The number of halogens is 1. The summed E-state index contributed by atoms with van der Waals surface area (Å²) < 4.78 is 13.0. The van der Waals surface area contributed by atoms with Crippen molar-refractivity contribution in [1.29, 1.82) is 0 Å². The maximum absolute atomic E-state index is 9.94. The van der Waals surface area contributed by atoms with Crippen LogP contribution in [0.3, 0.4) is 0 Å². The number of aromatic nitrogens is 2. The summed E-state index contributed by atoms with van der Waals surface area (Å²) in [7, 11) is 3.52. The molecule has 0 spiro atoms. The van der Waals surface area contributed by atoms with E-state index in [1.807, 2.05) is 14.0 Å². The smallest absolute Gasteiger partial charge is 0.0738 e. The van der Waals surface area contributed by atoms with E-state index in [1.165, 1.54) is 0 Å². The van der Waals surface area contributed by atoms with Crippen molar-refractivity contribution >= 4 is 15.9 Å². The van der Waals surface area contributed by atoms with Gasteiger partial charge in [-0.1, -0.05) is 0 Å². The SMILES string of the molecule is COCCOCCC(O)Cc1c(Br)c(C)nn1C. The Bertz CT molecular complexity index is 368. The molecule has 18 heavy (non-hydrogen) atoms. The molecule has 0 aromatic carbocycles. The number of rotatable bonds is 8. The molecule has 6 heteroatoms. The molecule has 1 aromatic rings. The molecule has 0 aliphatic carbocycles. The van der Waals surface area contributed by atoms with Gasteiger partial charge in [0.15, 0.2) is 0 Å². The first-order chi connectivity index (χ1) is 8.56. The first kappa shape index (κ1) is 15.6. The summed E-state index contributed by atoms with van der Waals surface area (Å²) in [5.74, 6) is 0. The van der Waals surface area contributed by atoms with Crippen LogP contribution in [0.5, 0.6) is 0 Å². The minimum Gasteiger partial charge on any atom is -0.393 e. The molecule has 1 heterocycles. The molecular formula is C12H21BrN2O3. The van der Waals surface area contributed by atoms with E-state index in [0.29, 0.717) is 32.7 Å². The van der Waals surface area contributed by atoms with Gasteiger partial charge in [-0.05, 0) is 29.3 Å². The fourth-order valence-electron chi connectivity index (χ4n) is 1.69. The molecule has 0 radical (unpaired) electrons. The summed E-state index contributed by atoms with van der Waals surface area (Å²) in [4.78, 5) is 0. The Morgan fingerprint density at radius 1 is 1.39 bits per heavy atom. The molecule has 1 rings (SSSR count). The monoisotopic (exact) mass is 320 g/mol. The molecule has 0 fully saturated rings. The van der Waals surface area contributed by atoms with Gasteiger partial charge in [0.1, 0.15) is 0 Å². The fraction of sp³-hybridized carbons (Fsp3) is 0.750. The lowest BCUT2D eigenvalue weighted by molar-refractivity contribution is 0.0475. The van der Waals surface area contributed by atoms with E-state index in [0.717, 1.165) is 15.9 Å². The zero-order valence-electron chi connectivity index (χ0n) is 11.1. The van der Waals surface area contributed by atoms with Crippen molar-refractivity contribution in [2.24, 2.45) is 7.05 Å². The maximum Gasteiger partial charge on any atom is 0.0738 e. The number of hydrogen-bond acceptors (Lipinski definition) is 4. The van der Waals surface area contributed by atoms with Crippen LogP contribution in [0.4, 0.5) is 0 Å². The predicted octanol–water partition coefficient (Wildman–Crippen LogP) is 1.45. The van der Waals surface area contributed by atoms with Crippen LogP contribution in [0.2, 0.25) is 0 Å². The normalized spacial score (nSPS) is 12.9. The van der Waals surface area contributed by atoms with E-state index in [1.54, 1.807) is 11.8 Å². The van der Waals surface area contributed by atoms with E-state index in [4.69, 9.17) is 9.47 Å². The van der Waals surface area contributed by atoms with Gasteiger partial charge in [-0.3, -0.25) is 4.68 Å². The van der Waals surface area contributed by atoms with Crippen LogP contribution in [-0.4, -0.2) is 47.9 Å². The van der Waals surface area contributed by atoms with Gasteiger partial charge in [0.2, 0.25) is 0 Å². The van der Waals surface area contributed by atoms with Crippen LogP contribution >= 0.6 is 15.9 Å². The number of aliphatic hydroxyl groups excluding tert-OH is 1. The van der Waals surface area contributed by atoms with Crippen molar-refractivity contribution in [1.82, 2.24) is 9.78 Å². The summed E-state index contributed by atoms with van der Waals surface area (Å²) in [6, 6.07) is 0. The minimum absolute atomic E-state index is 0.418. The van der Waals surface area contributed by atoms with E-state index in [9.17, 15) is 5.11 Å². The molecule has 0 bridgehead atoms. The first-order valence-corrected chi connectivity index (χ1v) is 6.78. The molecule has 0 aliphatic rings. The third-order valence-corrected chi connectivity index (χ3v) is 3.75. The molecule has 0 amide bonds. The second-order valence-corrected chi connectivity index (χ2v) is 5.01. The Kier molecular flexibility index (Phi) is 6.85. The van der Waals surface area contributed by atoms with E-state index >= 15 is 0 Å². The molecule has 0 aliphatic heterocycles. The average molecular weight is 321 g/mol. The lowest BCUT2D eigenvalue weighted by atomic mass is 10.1. The summed E-state index contributed by atoms with van der Waals surface area (Å²) in [5.41, 5.74) is 1.95. The standard InChI is InChI=1S/C12H21BrN2O3/c1-9-12(13)11(15(2)14-9)8-10(16)4-5-18-7-6-17-3/h10,16H,4-8H2,1-3H3. The van der Waals surface area contributed by atoms with Gasteiger partial charge in [-0.2, -0.15) is 5.10 Å². The number of hydrogen-bond donors (Lipinski definition) is 1. The Labute approximate surface area is 116 Å². The highest BCUT2D eigenvalue weighted by Crippen LogP contribution is 2.21. The zero-order valence-corrected chi connectivity index (χ0v) is 12.7. The predicted molar refractivity (Wildman–Crippen MR) is 72.7 cm³/mol. The van der Waals surface area contributed by atoms with E-state index in [-0.39, 0.29) is 0 Å². The van der Waals surface area contributed by atoms with Crippen LogP contribution in [0.15, 0.2) is 4.47 Å². The highest BCUT2D eigenvalue weighted by Gasteiger charge is 2.14. The zero-order chi connectivity index (χ0) is 13.5. The minimum atomic E-state index is -0.418. The van der Waals surface area contributed by atoms with Crippen molar-refractivity contribution in [3.05, 3.63) is 15.9 Å². The van der Waals surface area contributed by atoms with Gasteiger partial charge in [0.25, 0.3) is 0 Å². The summed E-state index contributed by atoms with van der Waals surface area (Å²) >= 11 is 3.49. The van der Waals surface area contributed by atoms with E-state index < -0.39 is 6.10 Å². The molecule has 1 N–H and O–H groups in total. The Morgan fingerprint density at radius 2 is 2.11 bits per heavy atom. The Morgan fingerprint density at radius 3 is 2.67 bits per heavy atom. The number of methoxy groups -OCH3 is 1. The third-order valence-electron chi connectivity index (χ3n) is 2.72. The Balaban J connectivity index is 2.33. The van der Waals surface area contributed by atoms with Crippen LogP contribution in [0, 0.1) is 6.92 Å². The molecule has 0 saturated carbocycles. The highest BCUT2D eigenvalue weighted by atomic mass is 79.9. The molecule has 1 atom stereocenters. The highest BCUT2D eigenvalue weighted by molar-refractivity contribution is 9.10. The van der Waals surface area contributed by atoms with Gasteiger partial charge in [0, 0.05) is 27.2 Å². The van der Waals surface area contributed by atoms with Gasteiger partial charge < -0.3 is 14.6 Å². The molecule has 1 aromatic heterocycles. The Hall–Kier alpha value is -0.430. The average Bonchev–Trinajstić information content (AvgIpc) is 2.56. The number of aliphatic hydroxyl groups is 1. The van der Waals surface area contributed by atoms with Crippen LogP contribution in [0.1, 0.15) is 17.8 Å². The number of nitrogens with zero attached hydrogens (tertiary/aromatic N) is 2. The summed E-state index contributed by atoms with van der Waals surface area (Å²) in [6.45, 7) is 3.63. The van der Waals surface area contributed by atoms with Crippen molar-refractivity contribution in [2.45, 2.75) is 25.9 Å². The lowest BCUT2D eigenvalue weighted by Gasteiger charge is -2.11. The molecular weight excluding hydrogens is 300 g/mol. The third kappa shape index (κ3) is 4.68. The lowest BCUT2D eigenvalue weighted by Crippen LogP contribution is -2.17. The quantitative estimate of drug-likeness (QED) is 0.736. The van der Waals surface area contributed by atoms with Crippen molar-refractivity contribution < 1.29 is 14.6 Å². The number of aryl methyl sites for hydroxylation is 2. The van der Waals surface area contributed by atoms with Crippen LogP contribution < -0.4 is 0 Å². The topological polar surface area (TPSA) is 56.5 Å². The van der Waals surface area contributed by atoms with Crippen molar-refractivity contribution in [3.63, 3.8) is 0 Å². The van der Waals surface area contributed by atoms with Crippen molar-refractivity contribution in [3.8, 4) is 0 Å². The second-order valence-electron chi connectivity index (χ2n) is 4.22. The fourth-order valence-corrected chi connectivity index (χ4v) is 2.19. The van der Waals surface area contributed by atoms with Crippen LogP contribution in [0.25, 0.3) is 0 Å². The van der Waals surface area contributed by atoms with Crippen LogP contribution in [-0.2, 0) is 22.9 Å². The molecule has 1 unspecified atom stereocenters. The van der Waals surface area contributed by atoms with Gasteiger partial charge in [0.05, 0.1) is 35.2 Å². The van der Waals surface area contributed by atoms with Gasteiger partial charge >= 0.3 is 0 Å². The van der Waals surface area contributed by atoms with Crippen molar-refractivity contribution in [2.75, 3.05) is 26.9 Å².